The number of imidazole rings is 1. The third-order valence-electron chi connectivity index (χ3n) is 2.90. The van der Waals surface area contributed by atoms with E-state index in [9.17, 15) is 4.79 Å². The zero-order valence-corrected chi connectivity index (χ0v) is 11.5. The average Bonchev–Trinajstić information content (AvgIpc) is 3.00. The van der Waals surface area contributed by atoms with Gasteiger partial charge in [0.15, 0.2) is 0 Å². The number of nitrogens with one attached hydrogen (secondary N) is 2. The highest BCUT2D eigenvalue weighted by atomic mass is 16.1. The van der Waals surface area contributed by atoms with Crippen LogP contribution < -0.4 is 10.6 Å². The van der Waals surface area contributed by atoms with Crippen molar-refractivity contribution in [2.75, 3.05) is 13.6 Å². The van der Waals surface area contributed by atoms with Gasteiger partial charge in [-0.05, 0) is 37.7 Å². The Balaban J connectivity index is 1.87. The molecule has 2 heterocycles. The van der Waals surface area contributed by atoms with Crippen molar-refractivity contribution >= 4 is 5.91 Å². The van der Waals surface area contributed by atoms with Crippen LogP contribution in [0.5, 0.6) is 0 Å². The summed E-state index contributed by atoms with van der Waals surface area (Å²) in [5.41, 5.74) is 1.02. The van der Waals surface area contributed by atoms with E-state index in [2.05, 4.69) is 20.6 Å². The highest BCUT2D eigenvalue weighted by Crippen LogP contribution is 2.06. The van der Waals surface area contributed by atoms with Crippen LogP contribution >= 0.6 is 0 Å². The number of nitrogens with zero attached hydrogens (tertiary/aromatic N) is 3. The van der Waals surface area contributed by atoms with Gasteiger partial charge in [0.2, 0.25) is 5.91 Å². The number of rotatable bonds is 7. The summed E-state index contributed by atoms with van der Waals surface area (Å²) in [6.45, 7) is 1.37. The maximum atomic E-state index is 11.6. The number of amides is 1. The zero-order valence-electron chi connectivity index (χ0n) is 11.5. The van der Waals surface area contributed by atoms with Crippen LogP contribution in [0.3, 0.4) is 0 Å². The average molecular weight is 273 g/mol. The highest BCUT2D eigenvalue weighted by Gasteiger charge is 2.03. The standard InChI is InChI=1S/C14H19N5O/c1-15-5-2-3-14(20)18-10-12-4-6-17-13(9-12)19-8-7-16-11-19/h4,6-9,11,15H,2-3,5,10H2,1H3,(H,18,20). The van der Waals surface area contributed by atoms with E-state index in [0.29, 0.717) is 13.0 Å². The molecule has 2 aromatic heterocycles. The first-order valence-corrected chi connectivity index (χ1v) is 6.64. The Morgan fingerprint density at radius 3 is 3.05 bits per heavy atom. The van der Waals surface area contributed by atoms with Crippen molar-refractivity contribution < 1.29 is 4.79 Å². The highest BCUT2D eigenvalue weighted by molar-refractivity contribution is 5.75. The van der Waals surface area contributed by atoms with Crippen LogP contribution in [0.2, 0.25) is 0 Å². The molecular weight excluding hydrogens is 254 g/mol. The quantitative estimate of drug-likeness (QED) is 0.735. The van der Waals surface area contributed by atoms with Gasteiger partial charge in [0.05, 0.1) is 0 Å². The van der Waals surface area contributed by atoms with Crippen molar-refractivity contribution in [1.82, 2.24) is 25.2 Å². The summed E-state index contributed by atoms with van der Waals surface area (Å²) in [6, 6.07) is 3.84. The summed E-state index contributed by atoms with van der Waals surface area (Å²) < 4.78 is 1.83. The molecule has 0 saturated carbocycles. The number of pyridine rings is 1. The molecule has 0 aliphatic heterocycles. The van der Waals surface area contributed by atoms with E-state index in [0.717, 1.165) is 24.3 Å². The third kappa shape index (κ3) is 4.17. The van der Waals surface area contributed by atoms with Crippen LogP contribution in [0.15, 0.2) is 37.1 Å². The fourth-order valence-corrected chi connectivity index (χ4v) is 1.82. The van der Waals surface area contributed by atoms with Gasteiger partial charge in [-0.2, -0.15) is 0 Å². The van der Waals surface area contributed by atoms with Crippen molar-refractivity contribution in [2.24, 2.45) is 0 Å². The summed E-state index contributed by atoms with van der Waals surface area (Å²) in [7, 11) is 1.88. The Morgan fingerprint density at radius 2 is 2.30 bits per heavy atom. The molecule has 1 amide bonds. The van der Waals surface area contributed by atoms with E-state index in [-0.39, 0.29) is 5.91 Å². The van der Waals surface area contributed by atoms with Crippen molar-refractivity contribution in [3.63, 3.8) is 0 Å². The Morgan fingerprint density at radius 1 is 1.40 bits per heavy atom. The first-order chi connectivity index (χ1) is 9.79. The molecule has 20 heavy (non-hydrogen) atoms. The molecule has 0 saturated heterocycles. The topological polar surface area (TPSA) is 71.8 Å². The lowest BCUT2D eigenvalue weighted by Gasteiger charge is -2.07. The van der Waals surface area contributed by atoms with E-state index >= 15 is 0 Å². The van der Waals surface area contributed by atoms with Gasteiger partial charge < -0.3 is 10.6 Å². The van der Waals surface area contributed by atoms with E-state index in [4.69, 9.17) is 0 Å². The number of hydrogen-bond acceptors (Lipinski definition) is 4. The maximum absolute atomic E-state index is 11.6. The van der Waals surface area contributed by atoms with Gasteiger partial charge >= 0.3 is 0 Å². The lowest BCUT2D eigenvalue weighted by atomic mass is 10.2. The van der Waals surface area contributed by atoms with Gasteiger partial charge in [-0.25, -0.2) is 9.97 Å². The van der Waals surface area contributed by atoms with Crippen LogP contribution in [-0.4, -0.2) is 34.0 Å². The normalized spacial score (nSPS) is 10.4. The molecule has 0 unspecified atom stereocenters. The Hall–Kier alpha value is -2.21. The van der Waals surface area contributed by atoms with Crippen LogP contribution in [-0.2, 0) is 11.3 Å². The lowest BCUT2D eigenvalue weighted by Crippen LogP contribution is -2.23. The third-order valence-corrected chi connectivity index (χ3v) is 2.90. The first kappa shape index (κ1) is 14.2. The number of hydrogen-bond donors (Lipinski definition) is 2. The molecular formula is C14H19N5O. The smallest absolute Gasteiger partial charge is 0.220 e. The fourth-order valence-electron chi connectivity index (χ4n) is 1.82. The molecule has 0 atom stereocenters. The zero-order chi connectivity index (χ0) is 14.2. The molecule has 0 fully saturated rings. The van der Waals surface area contributed by atoms with Gasteiger partial charge in [-0.15, -0.1) is 0 Å². The summed E-state index contributed by atoms with van der Waals surface area (Å²) >= 11 is 0. The SMILES string of the molecule is CNCCCC(=O)NCc1ccnc(-n2ccnc2)c1. The van der Waals surface area contributed by atoms with Crippen molar-refractivity contribution in [2.45, 2.75) is 19.4 Å². The predicted molar refractivity (Wildman–Crippen MR) is 76.4 cm³/mol. The fraction of sp³-hybridized carbons (Fsp3) is 0.357. The van der Waals surface area contributed by atoms with Gasteiger partial charge in [0.25, 0.3) is 0 Å². The molecule has 6 nitrogen and oxygen atoms in total. The van der Waals surface area contributed by atoms with E-state index in [1.807, 2.05) is 29.9 Å². The van der Waals surface area contributed by atoms with Crippen molar-refractivity contribution in [3.05, 3.63) is 42.6 Å². The molecule has 2 aromatic rings. The van der Waals surface area contributed by atoms with Crippen LogP contribution in [0, 0.1) is 0 Å². The summed E-state index contributed by atoms with van der Waals surface area (Å²) in [4.78, 5) is 19.9. The van der Waals surface area contributed by atoms with Crippen LogP contribution in [0.25, 0.3) is 5.82 Å². The minimum atomic E-state index is 0.0706. The molecule has 106 valence electrons. The molecule has 2 N–H and O–H groups in total. The summed E-state index contributed by atoms with van der Waals surface area (Å²) in [6.07, 6.45) is 8.36. The number of aromatic nitrogens is 3. The molecule has 0 spiro atoms. The van der Waals surface area contributed by atoms with Crippen molar-refractivity contribution in [1.29, 1.82) is 0 Å². The Bertz CT molecular complexity index is 538. The van der Waals surface area contributed by atoms with E-state index in [1.54, 1.807) is 18.7 Å². The van der Waals surface area contributed by atoms with Gasteiger partial charge in [-0.1, -0.05) is 0 Å². The molecule has 0 radical (unpaired) electrons. The number of carbonyl (C=O) groups excluding carboxylic acids is 1. The Kier molecular flexibility index (Phi) is 5.25. The monoisotopic (exact) mass is 273 g/mol. The molecule has 0 aromatic carbocycles. The summed E-state index contributed by atoms with van der Waals surface area (Å²) in [5, 5.41) is 5.93. The number of carbonyl (C=O) groups is 1. The maximum Gasteiger partial charge on any atom is 0.220 e. The molecule has 0 aliphatic carbocycles. The minimum absolute atomic E-state index is 0.0706. The van der Waals surface area contributed by atoms with Crippen LogP contribution in [0.1, 0.15) is 18.4 Å². The lowest BCUT2D eigenvalue weighted by molar-refractivity contribution is -0.121. The molecule has 2 rings (SSSR count). The van der Waals surface area contributed by atoms with Crippen molar-refractivity contribution in [3.8, 4) is 5.82 Å². The second-order valence-corrected chi connectivity index (χ2v) is 4.48. The largest absolute Gasteiger partial charge is 0.352 e. The van der Waals surface area contributed by atoms with Gasteiger partial charge in [0, 0.05) is 31.6 Å². The first-order valence-electron chi connectivity index (χ1n) is 6.64. The van der Waals surface area contributed by atoms with Crippen LogP contribution in [0.4, 0.5) is 0 Å². The molecule has 6 heteroatoms. The Labute approximate surface area is 118 Å². The second kappa shape index (κ2) is 7.40. The van der Waals surface area contributed by atoms with Gasteiger partial charge in [0.1, 0.15) is 12.1 Å². The van der Waals surface area contributed by atoms with E-state index in [1.165, 1.54) is 0 Å². The second-order valence-electron chi connectivity index (χ2n) is 4.48. The molecule has 0 bridgehead atoms. The minimum Gasteiger partial charge on any atom is -0.352 e. The van der Waals surface area contributed by atoms with Gasteiger partial charge in [-0.3, -0.25) is 9.36 Å². The van der Waals surface area contributed by atoms with E-state index < -0.39 is 0 Å². The molecule has 0 aliphatic rings. The summed E-state index contributed by atoms with van der Waals surface area (Å²) in [5.74, 6) is 0.866. The predicted octanol–water partition coefficient (Wildman–Crippen LogP) is 0.883.